The maximum absolute atomic E-state index is 10.8. The van der Waals surface area contributed by atoms with Crippen LogP contribution in [0.5, 0.6) is 5.75 Å². The Balaban J connectivity index is 2.85. The van der Waals surface area contributed by atoms with Gasteiger partial charge in [0.15, 0.2) is 6.29 Å². The molecule has 2 aromatic rings. The molecule has 0 atom stereocenters. The van der Waals surface area contributed by atoms with E-state index in [0.29, 0.717) is 10.2 Å². The van der Waals surface area contributed by atoms with Gasteiger partial charge < -0.3 is 9.72 Å². The Morgan fingerprint density at radius 3 is 2.93 bits per heavy atom. The molecule has 0 amide bonds. The average molecular weight is 254 g/mol. The SMILES string of the molecule is COc1cccc2c(C=O)c(Br)[nH]c12. The summed E-state index contributed by atoms with van der Waals surface area (Å²) < 4.78 is 5.86. The standard InChI is InChI=1S/C10H8BrNO2/c1-14-8-4-2-3-6-7(5-13)10(11)12-9(6)8/h2-5,12H,1H3. The zero-order valence-electron chi connectivity index (χ0n) is 7.50. The van der Waals surface area contributed by atoms with Gasteiger partial charge in [-0.1, -0.05) is 12.1 Å². The van der Waals surface area contributed by atoms with Crippen LogP contribution in [0.1, 0.15) is 10.4 Å². The molecule has 0 bridgehead atoms. The molecule has 0 aliphatic carbocycles. The first-order chi connectivity index (χ1) is 6.77. The molecule has 4 heteroatoms. The summed E-state index contributed by atoms with van der Waals surface area (Å²) in [6, 6.07) is 5.58. The van der Waals surface area contributed by atoms with Crippen molar-refractivity contribution in [3.05, 3.63) is 28.4 Å². The van der Waals surface area contributed by atoms with Crippen LogP contribution in [0.15, 0.2) is 22.8 Å². The molecule has 2 rings (SSSR count). The summed E-state index contributed by atoms with van der Waals surface area (Å²) in [5.41, 5.74) is 1.46. The second-order valence-corrected chi connectivity index (χ2v) is 3.65. The van der Waals surface area contributed by atoms with Crippen molar-refractivity contribution in [2.75, 3.05) is 7.11 Å². The average Bonchev–Trinajstić information content (AvgIpc) is 2.52. The molecular formula is C10H8BrNO2. The van der Waals surface area contributed by atoms with E-state index in [1.54, 1.807) is 7.11 Å². The number of methoxy groups -OCH3 is 1. The Labute approximate surface area is 89.2 Å². The summed E-state index contributed by atoms with van der Waals surface area (Å²) in [5, 5.41) is 0.867. The quantitative estimate of drug-likeness (QED) is 0.837. The summed E-state index contributed by atoms with van der Waals surface area (Å²) in [7, 11) is 1.60. The van der Waals surface area contributed by atoms with Crippen LogP contribution in [0.2, 0.25) is 0 Å². The number of ether oxygens (including phenoxy) is 1. The van der Waals surface area contributed by atoms with Gasteiger partial charge in [-0.2, -0.15) is 0 Å². The lowest BCUT2D eigenvalue weighted by Gasteiger charge is -1.99. The molecule has 72 valence electrons. The number of carbonyl (C=O) groups excluding carboxylic acids is 1. The first-order valence-electron chi connectivity index (χ1n) is 4.07. The van der Waals surface area contributed by atoms with E-state index in [1.165, 1.54) is 0 Å². The molecule has 0 saturated carbocycles. The molecule has 1 aromatic heterocycles. The Morgan fingerprint density at radius 1 is 1.50 bits per heavy atom. The summed E-state index contributed by atoms with van der Waals surface area (Å²) >= 11 is 3.29. The van der Waals surface area contributed by atoms with Crippen LogP contribution in [0, 0.1) is 0 Å². The highest BCUT2D eigenvalue weighted by Crippen LogP contribution is 2.30. The molecule has 14 heavy (non-hydrogen) atoms. The van der Waals surface area contributed by atoms with Crippen molar-refractivity contribution in [2.45, 2.75) is 0 Å². The molecule has 0 aliphatic heterocycles. The van der Waals surface area contributed by atoms with Crippen molar-refractivity contribution in [3.8, 4) is 5.75 Å². The normalized spacial score (nSPS) is 10.4. The number of aromatic nitrogens is 1. The first-order valence-corrected chi connectivity index (χ1v) is 4.86. The number of benzene rings is 1. The Bertz CT molecular complexity index is 490. The predicted molar refractivity (Wildman–Crippen MR) is 57.9 cm³/mol. The summed E-state index contributed by atoms with van der Waals surface area (Å²) in [6.07, 6.45) is 0.822. The van der Waals surface area contributed by atoms with E-state index in [4.69, 9.17) is 4.74 Å². The topological polar surface area (TPSA) is 42.1 Å². The number of para-hydroxylation sites is 1. The number of aromatic amines is 1. The highest BCUT2D eigenvalue weighted by molar-refractivity contribution is 9.10. The second-order valence-electron chi connectivity index (χ2n) is 2.85. The fourth-order valence-corrected chi connectivity index (χ4v) is 1.97. The third-order valence-electron chi connectivity index (χ3n) is 2.13. The maximum Gasteiger partial charge on any atom is 0.153 e. The smallest absolute Gasteiger partial charge is 0.153 e. The van der Waals surface area contributed by atoms with Gasteiger partial charge in [0.2, 0.25) is 0 Å². The summed E-state index contributed by atoms with van der Waals surface area (Å²) in [6.45, 7) is 0. The first kappa shape index (κ1) is 9.27. The number of carbonyl (C=O) groups is 1. The molecule has 3 nitrogen and oxygen atoms in total. The number of halogens is 1. The van der Waals surface area contributed by atoms with Crippen molar-refractivity contribution in [2.24, 2.45) is 0 Å². The van der Waals surface area contributed by atoms with Gasteiger partial charge in [0.1, 0.15) is 5.75 Å². The van der Waals surface area contributed by atoms with Crippen LogP contribution >= 0.6 is 15.9 Å². The van der Waals surface area contributed by atoms with E-state index in [-0.39, 0.29) is 0 Å². The van der Waals surface area contributed by atoms with Gasteiger partial charge in [-0.25, -0.2) is 0 Å². The monoisotopic (exact) mass is 253 g/mol. The summed E-state index contributed by atoms with van der Waals surface area (Å²) in [5.74, 6) is 0.733. The number of H-pyrrole nitrogens is 1. The molecule has 1 heterocycles. The van der Waals surface area contributed by atoms with Gasteiger partial charge in [-0.15, -0.1) is 0 Å². The van der Waals surface area contributed by atoms with Crippen LogP contribution < -0.4 is 4.74 Å². The molecule has 0 radical (unpaired) electrons. The predicted octanol–water partition coefficient (Wildman–Crippen LogP) is 2.75. The largest absolute Gasteiger partial charge is 0.495 e. The third kappa shape index (κ3) is 1.23. The molecule has 0 saturated heterocycles. The lowest BCUT2D eigenvalue weighted by Crippen LogP contribution is -1.83. The third-order valence-corrected chi connectivity index (χ3v) is 2.75. The van der Waals surface area contributed by atoms with Crippen molar-refractivity contribution >= 4 is 33.1 Å². The molecule has 0 aliphatic rings. The van der Waals surface area contributed by atoms with E-state index < -0.39 is 0 Å². The fourth-order valence-electron chi connectivity index (χ4n) is 1.47. The zero-order chi connectivity index (χ0) is 10.1. The van der Waals surface area contributed by atoms with Gasteiger partial charge in [0.25, 0.3) is 0 Å². The number of aldehydes is 1. The molecule has 0 spiro atoms. The van der Waals surface area contributed by atoms with Crippen molar-refractivity contribution in [1.82, 2.24) is 4.98 Å². The van der Waals surface area contributed by atoms with E-state index in [1.807, 2.05) is 18.2 Å². The van der Waals surface area contributed by atoms with E-state index >= 15 is 0 Å². The minimum Gasteiger partial charge on any atom is -0.495 e. The molecule has 0 unspecified atom stereocenters. The fraction of sp³-hybridized carbons (Fsp3) is 0.100. The van der Waals surface area contributed by atoms with E-state index in [0.717, 1.165) is 22.9 Å². The molecule has 0 fully saturated rings. The van der Waals surface area contributed by atoms with Crippen LogP contribution in [-0.2, 0) is 0 Å². The molecular weight excluding hydrogens is 246 g/mol. The minimum atomic E-state index is 0.624. The minimum absolute atomic E-state index is 0.624. The lowest BCUT2D eigenvalue weighted by molar-refractivity contribution is 0.112. The summed E-state index contributed by atoms with van der Waals surface area (Å²) in [4.78, 5) is 13.9. The van der Waals surface area contributed by atoms with Crippen molar-refractivity contribution in [1.29, 1.82) is 0 Å². The lowest BCUT2D eigenvalue weighted by atomic mass is 10.2. The van der Waals surface area contributed by atoms with Gasteiger partial charge in [0, 0.05) is 5.39 Å². The van der Waals surface area contributed by atoms with Crippen molar-refractivity contribution < 1.29 is 9.53 Å². The maximum atomic E-state index is 10.8. The number of nitrogens with one attached hydrogen (secondary N) is 1. The number of fused-ring (bicyclic) bond motifs is 1. The number of hydrogen-bond donors (Lipinski definition) is 1. The van der Waals surface area contributed by atoms with Crippen molar-refractivity contribution in [3.63, 3.8) is 0 Å². The highest BCUT2D eigenvalue weighted by Gasteiger charge is 2.11. The second kappa shape index (κ2) is 3.46. The number of hydrogen-bond acceptors (Lipinski definition) is 2. The Kier molecular flexibility index (Phi) is 2.29. The molecule has 1 aromatic carbocycles. The number of rotatable bonds is 2. The van der Waals surface area contributed by atoms with Crippen LogP contribution in [0.25, 0.3) is 10.9 Å². The Hall–Kier alpha value is -1.29. The highest BCUT2D eigenvalue weighted by atomic mass is 79.9. The Morgan fingerprint density at radius 2 is 2.29 bits per heavy atom. The van der Waals surface area contributed by atoms with E-state index in [9.17, 15) is 4.79 Å². The van der Waals surface area contributed by atoms with Gasteiger partial charge in [-0.3, -0.25) is 4.79 Å². The zero-order valence-corrected chi connectivity index (χ0v) is 9.09. The van der Waals surface area contributed by atoms with Crippen LogP contribution in [-0.4, -0.2) is 18.4 Å². The van der Waals surface area contributed by atoms with Gasteiger partial charge in [-0.05, 0) is 22.0 Å². The van der Waals surface area contributed by atoms with Crippen LogP contribution in [0.4, 0.5) is 0 Å². The van der Waals surface area contributed by atoms with Gasteiger partial charge >= 0.3 is 0 Å². The van der Waals surface area contributed by atoms with Crippen LogP contribution in [0.3, 0.4) is 0 Å². The van der Waals surface area contributed by atoms with E-state index in [2.05, 4.69) is 20.9 Å². The van der Waals surface area contributed by atoms with Gasteiger partial charge in [0.05, 0.1) is 22.8 Å². The molecule has 1 N–H and O–H groups in total.